The quantitative estimate of drug-likeness (QED) is 0.599. The number of carbonyl (C=O) groups excluding carboxylic acids is 3. The predicted molar refractivity (Wildman–Crippen MR) is 138 cm³/mol. The lowest BCUT2D eigenvalue weighted by Crippen LogP contribution is -2.51. The summed E-state index contributed by atoms with van der Waals surface area (Å²) < 4.78 is 5.61. The average Bonchev–Trinajstić information content (AvgIpc) is 3.51. The number of benzene rings is 2. The number of alkyl carbamates (subject to hydrolysis) is 1. The Morgan fingerprint density at radius 1 is 1.16 bits per heavy atom. The molecule has 0 bridgehead atoms. The Labute approximate surface area is 217 Å². The first-order valence-corrected chi connectivity index (χ1v) is 12.9. The fraction of sp³-hybridized carbons (Fsp3) is 0.448. The van der Waals surface area contributed by atoms with Crippen molar-refractivity contribution in [2.24, 2.45) is 5.92 Å². The summed E-state index contributed by atoms with van der Waals surface area (Å²) in [5, 5.41) is 15.6. The summed E-state index contributed by atoms with van der Waals surface area (Å²) in [7, 11) is 0. The van der Waals surface area contributed by atoms with Gasteiger partial charge in [0.05, 0.1) is 11.5 Å². The minimum absolute atomic E-state index is 0.0926. The topological polar surface area (TPSA) is 112 Å². The van der Waals surface area contributed by atoms with Crippen LogP contribution < -0.4 is 10.6 Å². The monoisotopic (exact) mass is 500 g/mol. The average molecular weight is 501 g/mol. The van der Waals surface area contributed by atoms with E-state index in [1.807, 2.05) is 68.4 Å². The van der Waals surface area contributed by atoms with E-state index in [0.717, 1.165) is 24.0 Å². The smallest absolute Gasteiger partial charge is 0.407 e. The molecule has 0 aromatic heterocycles. The van der Waals surface area contributed by atoms with E-state index in [1.54, 1.807) is 0 Å². The van der Waals surface area contributed by atoms with Crippen molar-refractivity contribution >= 4 is 23.6 Å². The minimum Gasteiger partial charge on any atom is -0.449 e. The number of nitrogens with one attached hydrogen (secondary N) is 2. The van der Waals surface area contributed by atoms with Crippen LogP contribution in [0.25, 0.3) is 0 Å². The second kappa shape index (κ2) is 9.55. The van der Waals surface area contributed by atoms with Crippen LogP contribution in [0.4, 0.5) is 10.5 Å². The molecule has 2 aliphatic heterocycles. The van der Waals surface area contributed by atoms with Crippen LogP contribution >= 0.6 is 0 Å². The van der Waals surface area contributed by atoms with E-state index < -0.39 is 23.6 Å². The van der Waals surface area contributed by atoms with E-state index in [4.69, 9.17) is 4.74 Å². The Kier molecular flexibility index (Phi) is 6.40. The highest BCUT2D eigenvalue weighted by Crippen LogP contribution is 2.48. The molecule has 8 nitrogen and oxygen atoms in total. The van der Waals surface area contributed by atoms with Gasteiger partial charge in [-0.3, -0.25) is 9.59 Å². The van der Waals surface area contributed by atoms with E-state index >= 15 is 0 Å². The molecule has 8 heteroatoms. The summed E-state index contributed by atoms with van der Waals surface area (Å²) in [5.74, 6) is -0.455. The summed E-state index contributed by atoms with van der Waals surface area (Å²) in [6.07, 6.45) is 1.86. The number of carbonyl (C=O) groups is 3. The zero-order valence-electron chi connectivity index (χ0n) is 21.2. The first kappa shape index (κ1) is 24.8. The van der Waals surface area contributed by atoms with Crippen molar-refractivity contribution in [3.05, 3.63) is 65.7 Å². The van der Waals surface area contributed by atoms with Crippen molar-refractivity contribution in [1.82, 2.24) is 10.2 Å². The van der Waals surface area contributed by atoms with Gasteiger partial charge in [-0.1, -0.05) is 62.4 Å². The molecule has 1 aliphatic carbocycles. The van der Waals surface area contributed by atoms with Gasteiger partial charge in [0, 0.05) is 24.1 Å². The summed E-state index contributed by atoms with van der Waals surface area (Å²) >= 11 is 0. The summed E-state index contributed by atoms with van der Waals surface area (Å²) in [6, 6.07) is 18.0. The van der Waals surface area contributed by atoms with Crippen molar-refractivity contribution in [1.29, 1.82) is 5.26 Å². The third-order valence-corrected chi connectivity index (χ3v) is 7.93. The normalized spacial score (nSPS) is 23.8. The van der Waals surface area contributed by atoms with Crippen molar-refractivity contribution in [2.75, 3.05) is 18.5 Å². The van der Waals surface area contributed by atoms with Gasteiger partial charge in [0.2, 0.25) is 11.8 Å². The van der Waals surface area contributed by atoms with Gasteiger partial charge in [-0.05, 0) is 42.4 Å². The van der Waals surface area contributed by atoms with E-state index in [-0.39, 0.29) is 42.7 Å². The highest BCUT2D eigenvalue weighted by Gasteiger charge is 2.56. The number of likely N-dealkylation sites (tertiary alicyclic amines) is 1. The Balaban J connectivity index is 1.30. The molecule has 5 rings (SSSR count). The number of amides is 3. The molecule has 2 N–H and O–H groups in total. The lowest BCUT2D eigenvalue weighted by Gasteiger charge is -2.28. The van der Waals surface area contributed by atoms with Gasteiger partial charge in [0.1, 0.15) is 18.7 Å². The largest absolute Gasteiger partial charge is 0.449 e. The van der Waals surface area contributed by atoms with Crippen LogP contribution in [0.2, 0.25) is 0 Å². The second-order valence-corrected chi connectivity index (χ2v) is 10.9. The maximum absolute atomic E-state index is 13.8. The summed E-state index contributed by atoms with van der Waals surface area (Å²) in [6.45, 7) is 4.27. The Morgan fingerprint density at radius 3 is 2.54 bits per heavy atom. The van der Waals surface area contributed by atoms with Gasteiger partial charge >= 0.3 is 6.09 Å². The Bertz CT molecular complexity index is 1250. The molecule has 3 amide bonds. The molecule has 192 valence electrons. The third kappa shape index (κ3) is 4.55. The molecule has 2 aromatic rings. The van der Waals surface area contributed by atoms with Gasteiger partial charge in [-0.15, -0.1) is 0 Å². The molecule has 3 aliphatic rings. The molecule has 2 aromatic carbocycles. The van der Waals surface area contributed by atoms with Gasteiger partial charge < -0.3 is 20.3 Å². The van der Waals surface area contributed by atoms with Crippen molar-refractivity contribution < 1.29 is 19.1 Å². The number of hydrogen-bond acceptors (Lipinski definition) is 5. The second-order valence-electron chi connectivity index (χ2n) is 10.9. The maximum Gasteiger partial charge on any atom is 0.407 e. The molecule has 0 unspecified atom stereocenters. The van der Waals surface area contributed by atoms with E-state index in [0.29, 0.717) is 12.1 Å². The Hall–Kier alpha value is -3.86. The number of nitriles is 1. The SMILES string of the molecule is CC(C)C[C@H](NC(=O)OCC1(c2ccccc2)CC1)C(=O)N1C[C@]2(C[C@H]1C#N)C(=O)Nc1ccccc12. The standard InChI is InChI=1S/C29H32N4O4/c1-19(2)14-24(32-27(36)37-18-28(12-13-28)20-8-4-3-5-9-20)25(34)33-17-29(15-21(33)16-30)22-10-6-7-11-23(22)31-26(29)35/h3-11,19,21,24H,12-15,17-18H2,1-2H3,(H,31,35)(H,32,36)/t21-,24-,29-/m0/s1. The van der Waals surface area contributed by atoms with Crippen LogP contribution in [-0.2, 0) is 25.2 Å². The number of anilines is 1. The highest BCUT2D eigenvalue weighted by atomic mass is 16.5. The molecule has 1 saturated carbocycles. The van der Waals surface area contributed by atoms with E-state index in [1.165, 1.54) is 4.90 Å². The van der Waals surface area contributed by atoms with Crippen molar-refractivity contribution in [3.8, 4) is 6.07 Å². The molecular weight excluding hydrogens is 468 g/mol. The zero-order valence-corrected chi connectivity index (χ0v) is 21.2. The molecule has 0 radical (unpaired) electrons. The molecule has 3 atom stereocenters. The molecule has 2 heterocycles. The molecule has 1 spiro atoms. The fourth-order valence-electron chi connectivity index (χ4n) is 5.73. The van der Waals surface area contributed by atoms with Gasteiger partial charge in [0.25, 0.3) is 0 Å². The van der Waals surface area contributed by atoms with Crippen LogP contribution in [0.5, 0.6) is 0 Å². The lowest BCUT2D eigenvalue weighted by molar-refractivity contribution is -0.134. The Morgan fingerprint density at radius 2 is 1.86 bits per heavy atom. The fourth-order valence-corrected chi connectivity index (χ4v) is 5.73. The first-order chi connectivity index (χ1) is 17.8. The van der Waals surface area contributed by atoms with Crippen LogP contribution in [0.3, 0.4) is 0 Å². The van der Waals surface area contributed by atoms with E-state index in [2.05, 4.69) is 16.7 Å². The number of hydrogen-bond donors (Lipinski definition) is 2. The first-order valence-electron chi connectivity index (χ1n) is 12.9. The number of para-hydroxylation sites is 1. The molecule has 2 fully saturated rings. The van der Waals surface area contributed by atoms with Crippen LogP contribution in [0.1, 0.15) is 50.7 Å². The van der Waals surface area contributed by atoms with Crippen molar-refractivity contribution in [2.45, 2.75) is 62.4 Å². The van der Waals surface area contributed by atoms with Gasteiger partial charge in [-0.2, -0.15) is 5.26 Å². The maximum atomic E-state index is 13.8. The van der Waals surface area contributed by atoms with Gasteiger partial charge in [0.15, 0.2) is 0 Å². The highest BCUT2D eigenvalue weighted by molar-refractivity contribution is 6.07. The third-order valence-electron chi connectivity index (χ3n) is 7.93. The lowest BCUT2D eigenvalue weighted by atomic mass is 9.80. The van der Waals surface area contributed by atoms with Crippen LogP contribution in [-0.4, -0.2) is 48.0 Å². The summed E-state index contributed by atoms with van der Waals surface area (Å²) in [5.41, 5.74) is 1.54. The van der Waals surface area contributed by atoms with Gasteiger partial charge in [-0.25, -0.2) is 4.79 Å². The van der Waals surface area contributed by atoms with Crippen LogP contribution in [0.15, 0.2) is 54.6 Å². The number of rotatable bonds is 7. The predicted octanol–water partition coefficient (Wildman–Crippen LogP) is 3.87. The molecule has 37 heavy (non-hydrogen) atoms. The molecular formula is C29H32N4O4. The van der Waals surface area contributed by atoms with Crippen molar-refractivity contribution in [3.63, 3.8) is 0 Å². The summed E-state index contributed by atoms with van der Waals surface area (Å²) in [4.78, 5) is 41.1. The van der Waals surface area contributed by atoms with Crippen LogP contribution in [0, 0.1) is 17.2 Å². The molecule has 1 saturated heterocycles. The number of fused-ring (bicyclic) bond motifs is 2. The number of ether oxygens (including phenoxy) is 1. The van der Waals surface area contributed by atoms with E-state index in [9.17, 15) is 19.6 Å². The minimum atomic E-state index is -0.969. The number of nitrogens with zero attached hydrogens (tertiary/aromatic N) is 2. The zero-order chi connectivity index (χ0) is 26.2.